The molecule has 0 aliphatic carbocycles. The maximum absolute atomic E-state index is 12.9. The number of likely N-dealkylation sites (N-methyl/N-ethyl adjacent to an activating group) is 1. The van der Waals surface area contributed by atoms with Gasteiger partial charge in [0.2, 0.25) is 0 Å². The summed E-state index contributed by atoms with van der Waals surface area (Å²) < 4.78 is 11.5. The maximum atomic E-state index is 12.9. The number of amides is 1. The molecule has 0 N–H and O–H groups in total. The Labute approximate surface area is 153 Å². The number of carbonyl (C=O) groups is 1. The summed E-state index contributed by atoms with van der Waals surface area (Å²) in [6.45, 7) is 8.86. The molecule has 0 spiro atoms. The lowest BCUT2D eigenvalue weighted by Gasteiger charge is -2.38. The first-order chi connectivity index (χ1) is 12.6. The van der Waals surface area contributed by atoms with Gasteiger partial charge in [0, 0.05) is 58.3 Å². The van der Waals surface area contributed by atoms with E-state index >= 15 is 0 Å². The van der Waals surface area contributed by atoms with Crippen molar-refractivity contribution in [2.24, 2.45) is 0 Å². The SMILES string of the molecule is Cc1nc2ccc(C(=O)N3CCOC(CN4CCN(C)CC4)C3)cc2o1. The van der Waals surface area contributed by atoms with Gasteiger partial charge in [0.25, 0.3) is 5.91 Å². The number of benzene rings is 1. The molecule has 26 heavy (non-hydrogen) atoms. The van der Waals surface area contributed by atoms with Gasteiger partial charge in [-0.25, -0.2) is 4.98 Å². The number of hydrogen-bond donors (Lipinski definition) is 0. The Morgan fingerprint density at radius 1 is 1.23 bits per heavy atom. The van der Waals surface area contributed by atoms with Gasteiger partial charge in [-0.2, -0.15) is 0 Å². The van der Waals surface area contributed by atoms with Crippen LogP contribution < -0.4 is 0 Å². The predicted octanol–water partition coefficient (Wildman–Crippen LogP) is 1.22. The van der Waals surface area contributed by atoms with Crippen molar-refractivity contribution in [1.82, 2.24) is 19.7 Å². The van der Waals surface area contributed by atoms with Gasteiger partial charge in [-0.15, -0.1) is 0 Å². The number of piperazine rings is 1. The first kappa shape index (κ1) is 17.5. The van der Waals surface area contributed by atoms with E-state index in [0.29, 0.717) is 36.7 Å². The average molecular weight is 358 g/mol. The second kappa shape index (κ2) is 7.34. The zero-order chi connectivity index (χ0) is 18.1. The van der Waals surface area contributed by atoms with Crippen LogP contribution in [0.25, 0.3) is 11.1 Å². The van der Waals surface area contributed by atoms with Gasteiger partial charge >= 0.3 is 0 Å². The summed E-state index contributed by atoms with van der Waals surface area (Å²) in [5, 5.41) is 0. The summed E-state index contributed by atoms with van der Waals surface area (Å²) >= 11 is 0. The van der Waals surface area contributed by atoms with Gasteiger partial charge in [0.05, 0.1) is 12.7 Å². The molecule has 2 aliphatic heterocycles. The molecular weight excluding hydrogens is 332 g/mol. The van der Waals surface area contributed by atoms with E-state index in [4.69, 9.17) is 9.15 Å². The first-order valence-corrected chi connectivity index (χ1v) is 9.27. The average Bonchev–Trinajstić information content (AvgIpc) is 3.02. The van der Waals surface area contributed by atoms with Crippen LogP contribution in [0.3, 0.4) is 0 Å². The zero-order valence-corrected chi connectivity index (χ0v) is 15.5. The van der Waals surface area contributed by atoms with E-state index < -0.39 is 0 Å². The minimum atomic E-state index is 0.0348. The van der Waals surface area contributed by atoms with Crippen molar-refractivity contribution in [2.45, 2.75) is 13.0 Å². The molecule has 140 valence electrons. The van der Waals surface area contributed by atoms with E-state index in [0.717, 1.165) is 38.2 Å². The molecule has 0 bridgehead atoms. The standard InChI is InChI=1S/C19H26N4O3/c1-14-20-17-4-3-15(11-18(17)26-14)19(24)23-9-10-25-16(13-23)12-22-7-5-21(2)6-8-22/h3-4,11,16H,5-10,12-13H2,1-2H3. The molecule has 2 aliphatic rings. The molecule has 1 aromatic heterocycles. The van der Waals surface area contributed by atoms with Gasteiger partial charge in [0.1, 0.15) is 5.52 Å². The number of rotatable bonds is 3. The highest BCUT2D eigenvalue weighted by atomic mass is 16.5. The zero-order valence-electron chi connectivity index (χ0n) is 15.5. The molecule has 3 heterocycles. The molecule has 7 heteroatoms. The number of oxazole rings is 1. The highest BCUT2D eigenvalue weighted by molar-refractivity contribution is 5.97. The molecule has 1 amide bonds. The summed E-state index contributed by atoms with van der Waals surface area (Å²) in [4.78, 5) is 23.9. The molecular formula is C19H26N4O3. The molecule has 2 aromatic rings. The van der Waals surface area contributed by atoms with E-state index in [9.17, 15) is 4.79 Å². The van der Waals surface area contributed by atoms with Crippen molar-refractivity contribution in [2.75, 3.05) is 59.5 Å². The number of nitrogens with zero attached hydrogens (tertiary/aromatic N) is 4. The number of carbonyl (C=O) groups excluding carboxylic acids is 1. The van der Waals surface area contributed by atoms with E-state index in [2.05, 4.69) is 21.8 Å². The van der Waals surface area contributed by atoms with E-state index in [1.807, 2.05) is 24.0 Å². The molecule has 1 unspecified atom stereocenters. The monoisotopic (exact) mass is 358 g/mol. The van der Waals surface area contributed by atoms with Gasteiger partial charge in [0.15, 0.2) is 11.5 Å². The van der Waals surface area contributed by atoms with Crippen molar-refractivity contribution in [3.8, 4) is 0 Å². The van der Waals surface area contributed by atoms with Crippen LogP contribution in [0.4, 0.5) is 0 Å². The normalized spacial score (nSPS) is 22.8. The Hall–Kier alpha value is -1.96. The number of hydrogen-bond acceptors (Lipinski definition) is 6. The molecule has 1 aromatic carbocycles. The van der Waals surface area contributed by atoms with Gasteiger partial charge in [-0.1, -0.05) is 0 Å². The number of aromatic nitrogens is 1. The largest absolute Gasteiger partial charge is 0.441 e. The lowest BCUT2D eigenvalue weighted by atomic mass is 10.1. The lowest BCUT2D eigenvalue weighted by molar-refractivity contribution is -0.0400. The Bertz CT molecular complexity index is 782. The topological polar surface area (TPSA) is 62.1 Å². The highest BCUT2D eigenvalue weighted by Gasteiger charge is 2.27. The number of ether oxygens (including phenoxy) is 1. The van der Waals surface area contributed by atoms with Gasteiger partial charge in [-0.05, 0) is 25.2 Å². The fourth-order valence-corrected chi connectivity index (χ4v) is 3.69. The van der Waals surface area contributed by atoms with Crippen molar-refractivity contribution in [3.05, 3.63) is 29.7 Å². The quantitative estimate of drug-likeness (QED) is 0.822. The summed E-state index contributed by atoms with van der Waals surface area (Å²) in [5.41, 5.74) is 2.10. The van der Waals surface area contributed by atoms with Gasteiger partial charge in [-0.3, -0.25) is 9.69 Å². The Morgan fingerprint density at radius 3 is 2.85 bits per heavy atom. The molecule has 0 saturated carbocycles. The minimum Gasteiger partial charge on any atom is -0.441 e. The lowest BCUT2D eigenvalue weighted by Crippen LogP contribution is -2.52. The van der Waals surface area contributed by atoms with Crippen molar-refractivity contribution in [1.29, 1.82) is 0 Å². The fourth-order valence-electron chi connectivity index (χ4n) is 3.69. The van der Waals surface area contributed by atoms with Crippen LogP contribution in [0.1, 0.15) is 16.2 Å². The summed E-state index contributed by atoms with van der Waals surface area (Å²) in [6, 6.07) is 5.47. The number of fused-ring (bicyclic) bond motifs is 1. The summed E-state index contributed by atoms with van der Waals surface area (Å²) in [6.07, 6.45) is 0.0763. The Balaban J connectivity index is 1.40. The van der Waals surface area contributed by atoms with Crippen LogP contribution in [0.15, 0.2) is 22.6 Å². The molecule has 4 rings (SSSR count). The van der Waals surface area contributed by atoms with Crippen LogP contribution in [-0.4, -0.2) is 91.2 Å². The first-order valence-electron chi connectivity index (χ1n) is 9.27. The predicted molar refractivity (Wildman–Crippen MR) is 98.3 cm³/mol. The molecule has 7 nitrogen and oxygen atoms in total. The van der Waals surface area contributed by atoms with E-state index in [-0.39, 0.29) is 12.0 Å². The van der Waals surface area contributed by atoms with Crippen molar-refractivity contribution < 1.29 is 13.9 Å². The minimum absolute atomic E-state index is 0.0348. The molecule has 2 fully saturated rings. The van der Waals surface area contributed by atoms with Crippen molar-refractivity contribution >= 4 is 17.0 Å². The fraction of sp³-hybridized carbons (Fsp3) is 0.579. The Kier molecular flexibility index (Phi) is 4.93. The second-order valence-corrected chi connectivity index (χ2v) is 7.26. The number of morpholine rings is 1. The summed E-state index contributed by atoms with van der Waals surface area (Å²) in [5.74, 6) is 0.649. The van der Waals surface area contributed by atoms with E-state index in [1.54, 1.807) is 6.07 Å². The molecule has 0 radical (unpaired) electrons. The van der Waals surface area contributed by atoms with Crippen LogP contribution in [0.2, 0.25) is 0 Å². The third-order valence-corrected chi connectivity index (χ3v) is 5.23. The second-order valence-electron chi connectivity index (χ2n) is 7.26. The maximum Gasteiger partial charge on any atom is 0.254 e. The van der Waals surface area contributed by atoms with E-state index in [1.165, 1.54) is 0 Å². The molecule has 1 atom stereocenters. The van der Waals surface area contributed by atoms with Crippen LogP contribution in [0.5, 0.6) is 0 Å². The van der Waals surface area contributed by atoms with Crippen LogP contribution in [0, 0.1) is 6.92 Å². The summed E-state index contributed by atoms with van der Waals surface area (Å²) in [7, 11) is 2.15. The van der Waals surface area contributed by atoms with Crippen molar-refractivity contribution in [3.63, 3.8) is 0 Å². The highest BCUT2D eigenvalue weighted by Crippen LogP contribution is 2.19. The van der Waals surface area contributed by atoms with Gasteiger partial charge < -0.3 is 19.0 Å². The molecule has 2 saturated heterocycles. The third kappa shape index (κ3) is 3.75. The van der Waals surface area contributed by atoms with Crippen LogP contribution in [-0.2, 0) is 4.74 Å². The van der Waals surface area contributed by atoms with Crippen LogP contribution >= 0.6 is 0 Å². The smallest absolute Gasteiger partial charge is 0.254 e. The Morgan fingerprint density at radius 2 is 2.04 bits per heavy atom. The number of aryl methyl sites for hydroxylation is 1. The third-order valence-electron chi connectivity index (χ3n) is 5.23.